The van der Waals surface area contributed by atoms with Gasteiger partial charge < -0.3 is 14.6 Å². The minimum absolute atomic E-state index is 0.0152. The summed E-state index contributed by atoms with van der Waals surface area (Å²) < 4.78 is 12.0. The summed E-state index contributed by atoms with van der Waals surface area (Å²) in [7, 11) is 3.56. The van der Waals surface area contributed by atoms with Crippen LogP contribution in [-0.2, 0) is 17.6 Å². The summed E-state index contributed by atoms with van der Waals surface area (Å²) in [5.74, 6) is 1.71. The molecule has 0 radical (unpaired) electrons. The molecule has 6 heteroatoms. The minimum Gasteiger partial charge on any atom is -0.494 e. The van der Waals surface area contributed by atoms with Crippen molar-refractivity contribution in [3.63, 3.8) is 0 Å². The van der Waals surface area contributed by atoms with E-state index in [2.05, 4.69) is 49.4 Å². The lowest BCUT2D eigenvalue weighted by Gasteiger charge is -2.33. The predicted octanol–water partition coefficient (Wildman–Crippen LogP) is 7.91. The standard InChI is InChI=1S/C29H33ClO3S2/c1-3-20-7-12-27(13-8-20)35-34-19-26-17-24(31)18-29(33-26)22-9-14-28(30)23(16-22)15-21-5-10-25(11-6-21)32-4-2/h5-14,16,24,26,29,31H,3-4,15,17-19H2,1-2H3. The lowest BCUT2D eigenvalue weighted by Crippen LogP contribution is -2.32. The maximum absolute atomic E-state index is 10.6. The molecule has 35 heavy (non-hydrogen) atoms. The molecule has 3 aromatic rings. The van der Waals surface area contributed by atoms with Gasteiger partial charge in [-0.25, -0.2) is 0 Å². The van der Waals surface area contributed by atoms with E-state index in [-0.39, 0.29) is 18.3 Å². The molecule has 1 aliphatic rings. The van der Waals surface area contributed by atoms with E-state index in [9.17, 15) is 5.11 Å². The van der Waals surface area contributed by atoms with Crippen LogP contribution in [0.5, 0.6) is 5.75 Å². The van der Waals surface area contributed by atoms with Gasteiger partial charge in [0.2, 0.25) is 0 Å². The molecule has 0 aliphatic carbocycles. The predicted molar refractivity (Wildman–Crippen MR) is 149 cm³/mol. The van der Waals surface area contributed by atoms with Crippen molar-refractivity contribution in [3.05, 3.63) is 94.0 Å². The summed E-state index contributed by atoms with van der Waals surface area (Å²) in [5, 5.41) is 11.3. The Kier molecular flexibility index (Phi) is 9.87. The van der Waals surface area contributed by atoms with Crippen LogP contribution >= 0.6 is 33.2 Å². The Morgan fingerprint density at radius 2 is 1.71 bits per heavy atom. The third-order valence-corrected chi connectivity index (χ3v) is 8.99. The summed E-state index contributed by atoms with van der Waals surface area (Å²) >= 11 is 6.55. The molecule has 1 heterocycles. The van der Waals surface area contributed by atoms with Crippen molar-refractivity contribution < 1.29 is 14.6 Å². The monoisotopic (exact) mass is 528 g/mol. The van der Waals surface area contributed by atoms with Gasteiger partial charge in [0, 0.05) is 28.5 Å². The van der Waals surface area contributed by atoms with Gasteiger partial charge in [0.15, 0.2) is 0 Å². The van der Waals surface area contributed by atoms with Crippen LogP contribution in [0.4, 0.5) is 0 Å². The molecule has 1 fully saturated rings. The van der Waals surface area contributed by atoms with Gasteiger partial charge in [-0.05, 0) is 72.4 Å². The van der Waals surface area contributed by atoms with Crippen molar-refractivity contribution in [1.82, 2.24) is 0 Å². The van der Waals surface area contributed by atoms with Crippen molar-refractivity contribution >= 4 is 33.2 Å². The Morgan fingerprint density at radius 3 is 2.43 bits per heavy atom. The first-order chi connectivity index (χ1) is 17.0. The number of rotatable bonds is 10. The average molecular weight is 529 g/mol. The van der Waals surface area contributed by atoms with E-state index in [0.717, 1.165) is 40.5 Å². The van der Waals surface area contributed by atoms with Crippen LogP contribution in [0.15, 0.2) is 71.6 Å². The van der Waals surface area contributed by atoms with Gasteiger partial charge in [0.1, 0.15) is 5.75 Å². The summed E-state index contributed by atoms with van der Waals surface area (Å²) in [6.07, 6.45) is 2.60. The average Bonchev–Trinajstić information content (AvgIpc) is 2.87. The van der Waals surface area contributed by atoms with E-state index in [1.165, 1.54) is 16.0 Å². The number of aryl methyl sites for hydroxylation is 1. The number of benzene rings is 3. The molecule has 3 atom stereocenters. The SMILES string of the molecule is CCOc1ccc(Cc2cc(C3CC(O)CC(CSSc4ccc(CC)cc4)O3)ccc2Cl)cc1. The zero-order valence-electron chi connectivity index (χ0n) is 20.3. The number of hydrogen-bond acceptors (Lipinski definition) is 5. The topological polar surface area (TPSA) is 38.7 Å². The fraction of sp³-hybridized carbons (Fsp3) is 0.379. The van der Waals surface area contributed by atoms with Crippen LogP contribution < -0.4 is 4.74 Å². The smallest absolute Gasteiger partial charge is 0.119 e. The van der Waals surface area contributed by atoms with Gasteiger partial charge in [-0.2, -0.15) is 0 Å². The second-order valence-electron chi connectivity index (χ2n) is 8.84. The van der Waals surface area contributed by atoms with Crippen LogP contribution in [0.3, 0.4) is 0 Å². The lowest BCUT2D eigenvalue weighted by atomic mass is 9.94. The second kappa shape index (κ2) is 13.1. The van der Waals surface area contributed by atoms with Gasteiger partial charge >= 0.3 is 0 Å². The molecule has 0 bridgehead atoms. The second-order valence-corrected chi connectivity index (χ2v) is 11.7. The highest BCUT2D eigenvalue weighted by atomic mass is 35.5. The quantitative estimate of drug-likeness (QED) is 0.270. The molecule has 0 saturated carbocycles. The van der Waals surface area contributed by atoms with Crippen LogP contribution in [-0.4, -0.2) is 29.7 Å². The molecular formula is C29H33ClO3S2. The molecule has 3 nitrogen and oxygen atoms in total. The highest BCUT2D eigenvalue weighted by Gasteiger charge is 2.29. The summed E-state index contributed by atoms with van der Waals surface area (Å²) in [4.78, 5) is 1.25. The Bertz CT molecular complexity index is 1070. The molecule has 1 N–H and O–H groups in total. The van der Waals surface area contributed by atoms with Crippen molar-refractivity contribution in [3.8, 4) is 5.75 Å². The molecule has 4 rings (SSSR count). The fourth-order valence-electron chi connectivity index (χ4n) is 4.29. The molecule has 3 unspecified atom stereocenters. The third kappa shape index (κ3) is 7.68. The molecule has 3 aromatic carbocycles. The third-order valence-electron chi connectivity index (χ3n) is 6.19. The largest absolute Gasteiger partial charge is 0.494 e. The molecule has 0 spiro atoms. The van der Waals surface area contributed by atoms with Crippen molar-refractivity contribution in [2.45, 2.75) is 62.7 Å². The summed E-state index contributed by atoms with van der Waals surface area (Å²) in [6.45, 7) is 4.81. The maximum atomic E-state index is 10.6. The Labute approximate surface area is 222 Å². The summed E-state index contributed by atoms with van der Waals surface area (Å²) in [5.41, 5.74) is 4.67. The number of aliphatic hydroxyl groups excluding tert-OH is 1. The normalized spacial score (nSPS) is 20.1. The Morgan fingerprint density at radius 1 is 0.971 bits per heavy atom. The van der Waals surface area contributed by atoms with Crippen molar-refractivity contribution in [2.75, 3.05) is 12.4 Å². The molecular weight excluding hydrogens is 496 g/mol. The van der Waals surface area contributed by atoms with E-state index in [1.54, 1.807) is 21.6 Å². The van der Waals surface area contributed by atoms with Crippen LogP contribution in [0, 0.1) is 0 Å². The zero-order chi connectivity index (χ0) is 24.6. The van der Waals surface area contributed by atoms with E-state index in [4.69, 9.17) is 21.1 Å². The number of halogens is 1. The molecule has 1 aliphatic heterocycles. The number of hydrogen-bond donors (Lipinski definition) is 1. The molecule has 186 valence electrons. The van der Waals surface area contributed by atoms with Gasteiger partial charge in [0.05, 0.1) is 24.9 Å². The zero-order valence-corrected chi connectivity index (χ0v) is 22.7. The highest BCUT2D eigenvalue weighted by molar-refractivity contribution is 8.76. The van der Waals surface area contributed by atoms with E-state index in [0.29, 0.717) is 19.4 Å². The van der Waals surface area contributed by atoms with Gasteiger partial charge in [-0.1, -0.05) is 76.5 Å². The van der Waals surface area contributed by atoms with Gasteiger partial charge in [-0.15, -0.1) is 0 Å². The van der Waals surface area contributed by atoms with E-state index < -0.39 is 0 Å². The van der Waals surface area contributed by atoms with Crippen LogP contribution in [0.1, 0.15) is 55.0 Å². The van der Waals surface area contributed by atoms with Crippen molar-refractivity contribution in [2.24, 2.45) is 0 Å². The van der Waals surface area contributed by atoms with Gasteiger partial charge in [-0.3, -0.25) is 0 Å². The first kappa shape index (κ1) is 26.4. The fourth-order valence-corrected chi connectivity index (χ4v) is 6.69. The highest BCUT2D eigenvalue weighted by Crippen LogP contribution is 2.38. The molecule has 1 saturated heterocycles. The van der Waals surface area contributed by atoms with Crippen LogP contribution in [0.25, 0.3) is 0 Å². The number of ether oxygens (including phenoxy) is 2. The van der Waals surface area contributed by atoms with Crippen molar-refractivity contribution in [1.29, 1.82) is 0 Å². The van der Waals surface area contributed by atoms with E-state index in [1.807, 2.05) is 31.2 Å². The molecule has 0 amide bonds. The summed E-state index contributed by atoms with van der Waals surface area (Å²) in [6, 6.07) is 23.0. The first-order valence-corrected chi connectivity index (χ1v) is 15.0. The lowest BCUT2D eigenvalue weighted by molar-refractivity contribution is -0.0874. The molecule has 0 aromatic heterocycles. The minimum atomic E-state index is -0.363. The van der Waals surface area contributed by atoms with E-state index >= 15 is 0 Å². The number of aliphatic hydroxyl groups is 1. The first-order valence-electron chi connectivity index (χ1n) is 12.3. The Balaban J connectivity index is 1.37. The van der Waals surface area contributed by atoms with Gasteiger partial charge in [0.25, 0.3) is 0 Å². The Hall–Kier alpha value is -1.63. The van der Waals surface area contributed by atoms with Crippen LogP contribution in [0.2, 0.25) is 5.02 Å². The maximum Gasteiger partial charge on any atom is 0.119 e.